The van der Waals surface area contributed by atoms with Gasteiger partial charge >= 0.3 is 5.97 Å². The van der Waals surface area contributed by atoms with Crippen molar-refractivity contribution in [1.82, 2.24) is 15.2 Å². The summed E-state index contributed by atoms with van der Waals surface area (Å²) in [4.78, 5) is 16.2. The molecule has 0 saturated heterocycles. The van der Waals surface area contributed by atoms with Gasteiger partial charge in [0.2, 0.25) is 0 Å². The van der Waals surface area contributed by atoms with Crippen LogP contribution in [0.2, 0.25) is 0 Å². The van der Waals surface area contributed by atoms with Gasteiger partial charge in [-0.1, -0.05) is 12.1 Å². The minimum absolute atomic E-state index is 0.264. The van der Waals surface area contributed by atoms with Gasteiger partial charge in [0.05, 0.1) is 6.61 Å². The minimum Gasteiger partial charge on any atom is -0.465 e. The van der Waals surface area contributed by atoms with Crippen LogP contribution in [-0.4, -0.2) is 27.8 Å². The summed E-state index contributed by atoms with van der Waals surface area (Å²) in [5.74, 6) is -0.634. The topological polar surface area (TPSA) is 67.9 Å². The van der Waals surface area contributed by atoms with Crippen LogP contribution in [0, 0.1) is 12.7 Å². The lowest BCUT2D eigenvalue weighted by Gasteiger charge is -2.12. The number of aryl methyl sites for hydroxylation is 1. The van der Waals surface area contributed by atoms with E-state index >= 15 is 0 Å². The van der Waals surface area contributed by atoms with Crippen molar-refractivity contribution >= 4 is 5.97 Å². The molecule has 0 saturated carbocycles. The maximum atomic E-state index is 13.0. The highest BCUT2D eigenvalue weighted by Crippen LogP contribution is 2.23. The predicted molar refractivity (Wildman–Crippen MR) is 66.0 cm³/mol. The van der Waals surface area contributed by atoms with E-state index in [2.05, 4.69) is 15.2 Å². The largest absolute Gasteiger partial charge is 0.465 e. The number of hydrogen-bond donors (Lipinski definition) is 1. The summed E-state index contributed by atoms with van der Waals surface area (Å²) >= 11 is 0. The summed E-state index contributed by atoms with van der Waals surface area (Å²) in [6.45, 7) is 3.73. The molecule has 1 atom stereocenters. The van der Waals surface area contributed by atoms with Crippen LogP contribution in [0.15, 0.2) is 24.3 Å². The number of halogens is 1. The Balaban J connectivity index is 2.39. The fourth-order valence-corrected chi connectivity index (χ4v) is 1.76. The number of rotatable bonds is 4. The molecule has 2 rings (SSSR count). The van der Waals surface area contributed by atoms with Crippen LogP contribution in [0.1, 0.15) is 30.1 Å². The number of carbonyl (C=O) groups is 1. The molecular formula is C13H14FN3O2. The Labute approximate surface area is 109 Å². The lowest BCUT2D eigenvalue weighted by molar-refractivity contribution is -0.144. The molecule has 1 unspecified atom stereocenters. The highest BCUT2D eigenvalue weighted by atomic mass is 19.1. The molecule has 0 fully saturated rings. The summed E-state index contributed by atoms with van der Waals surface area (Å²) in [5.41, 5.74) is 0.596. The quantitative estimate of drug-likeness (QED) is 0.856. The fraction of sp³-hybridized carbons (Fsp3) is 0.308. The van der Waals surface area contributed by atoms with Gasteiger partial charge in [0.1, 0.15) is 17.6 Å². The molecule has 1 aromatic heterocycles. The van der Waals surface area contributed by atoms with E-state index in [1.807, 2.05) is 0 Å². The maximum absolute atomic E-state index is 13.0. The maximum Gasteiger partial charge on any atom is 0.321 e. The van der Waals surface area contributed by atoms with Crippen LogP contribution in [-0.2, 0) is 9.53 Å². The number of nitrogens with zero attached hydrogens (tertiary/aromatic N) is 2. The smallest absolute Gasteiger partial charge is 0.321 e. The lowest BCUT2D eigenvalue weighted by atomic mass is 9.98. The molecule has 1 aromatic carbocycles. The Morgan fingerprint density at radius 3 is 2.63 bits per heavy atom. The van der Waals surface area contributed by atoms with Crippen LogP contribution >= 0.6 is 0 Å². The molecule has 1 N–H and O–H groups in total. The van der Waals surface area contributed by atoms with Crippen molar-refractivity contribution in [2.24, 2.45) is 0 Å². The van der Waals surface area contributed by atoms with Gasteiger partial charge in [-0.25, -0.2) is 9.37 Å². The molecule has 0 bridgehead atoms. The molecule has 0 radical (unpaired) electrons. The van der Waals surface area contributed by atoms with E-state index in [4.69, 9.17) is 4.74 Å². The average molecular weight is 263 g/mol. The molecule has 0 amide bonds. The van der Waals surface area contributed by atoms with E-state index in [9.17, 15) is 9.18 Å². The second-order valence-corrected chi connectivity index (χ2v) is 4.02. The zero-order valence-corrected chi connectivity index (χ0v) is 10.7. The summed E-state index contributed by atoms with van der Waals surface area (Å²) in [7, 11) is 0. The van der Waals surface area contributed by atoms with Crippen molar-refractivity contribution in [1.29, 1.82) is 0 Å². The number of aromatic amines is 1. The number of benzene rings is 1. The number of H-pyrrole nitrogens is 1. The molecule has 0 aliphatic heterocycles. The number of hydrogen-bond acceptors (Lipinski definition) is 4. The summed E-state index contributed by atoms with van der Waals surface area (Å²) in [6, 6.07) is 5.65. The molecule has 0 aliphatic rings. The van der Waals surface area contributed by atoms with Gasteiger partial charge in [-0.05, 0) is 31.5 Å². The van der Waals surface area contributed by atoms with Gasteiger partial charge in [0.15, 0.2) is 5.82 Å². The van der Waals surface area contributed by atoms with Crippen molar-refractivity contribution in [3.63, 3.8) is 0 Å². The van der Waals surface area contributed by atoms with Gasteiger partial charge in [0.25, 0.3) is 0 Å². The Kier molecular flexibility index (Phi) is 3.89. The van der Waals surface area contributed by atoms with E-state index in [0.29, 0.717) is 17.2 Å². The predicted octanol–water partition coefficient (Wildman–Crippen LogP) is 1.95. The molecule has 0 spiro atoms. The van der Waals surface area contributed by atoms with Crippen LogP contribution in [0.25, 0.3) is 0 Å². The second-order valence-electron chi connectivity index (χ2n) is 4.02. The van der Waals surface area contributed by atoms with Gasteiger partial charge in [-0.3, -0.25) is 9.89 Å². The van der Waals surface area contributed by atoms with Crippen molar-refractivity contribution < 1.29 is 13.9 Å². The SMILES string of the molecule is CCOC(=O)C(c1ccc(F)cc1)c1n[nH]c(C)n1. The first kappa shape index (κ1) is 13.2. The normalized spacial score (nSPS) is 12.2. The monoisotopic (exact) mass is 263 g/mol. The first-order valence-electron chi connectivity index (χ1n) is 5.92. The van der Waals surface area contributed by atoms with Crippen LogP contribution in [0.4, 0.5) is 4.39 Å². The molecule has 19 heavy (non-hydrogen) atoms. The molecule has 5 nitrogen and oxygen atoms in total. The van der Waals surface area contributed by atoms with Crippen molar-refractivity contribution in [2.45, 2.75) is 19.8 Å². The second kappa shape index (κ2) is 5.60. The zero-order valence-electron chi connectivity index (χ0n) is 10.7. The van der Waals surface area contributed by atoms with E-state index in [-0.39, 0.29) is 12.4 Å². The molecule has 100 valence electrons. The van der Waals surface area contributed by atoms with E-state index < -0.39 is 11.9 Å². The van der Waals surface area contributed by atoms with Crippen molar-refractivity contribution in [2.75, 3.05) is 6.61 Å². The first-order valence-corrected chi connectivity index (χ1v) is 5.92. The number of aromatic nitrogens is 3. The Morgan fingerprint density at radius 1 is 1.42 bits per heavy atom. The Hall–Kier alpha value is -2.24. The van der Waals surface area contributed by atoms with Gasteiger partial charge in [-0.15, -0.1) is 0 Å². The summed E-state index contributed by atoms with van der Waals surface area (Å²) in [6.07, 6.45) is 0. The molecule has 1 heterocycles. The molecule has 0 aliphatic carbocycles. The molecule has 2 aromatic rings. The number of nitrogens with one attached hydrogen (secondary N) is 1. The van der Waals surface area contributed by atoms with Crippen LogP contribution in [0.3, 0.4) is 0 Å². The van der Waals surface area contributed by atoms with Gasteiger partial charge in [0, 0.05) is 0 Å². The number of ether oxygens (including phenoxy) is 1. The van der Waals surface area contributed by atoms with E-state index in [1.54, 1.807) is 13.8 Å². The van der Waals surface area contributed by atoms with Gasteiger partial charge < -0.3 is 4.74 Å². The molecule has 6 heteroatoms. The van der Waals surface area contributed by atoms with Crippen LogP contribution < -0.4 is 0 Å². The third-order valence-corrected chi connectivity index (χ3v) is 2.60. The van der Waals surface area contributed by atoms with Crippen LogP contribution in [0.5, 0.6) is 0 Å². The summed E-state index contributed by atoms with van der Waals surface area (Å²) < 4.78 is 18.0. The highest BCUT2D eigenvalue weighted by molar-refractivity contribution is 5.81. The number of esters is 1. The minimum atomic E-state index is -0.745. The van der Waals surface area contributed by atoms with Gasteiger partial charge in [-0.2, -0.15) is 5.10 Å². The fourth-order valence-electron chi connectivity index (χ4n) is 1.76. The zero-order chi connectivity index (χ0) is 13.8. The van der Waals surface area contributed by atoms with Crippen molar-refractivity contribution in [3.8, 4) is 0 Å². The third kappa shape index (κ3) is 2.96. The molecular weight excluding hydrogens is 249 g/mol. The standard InChI is InChI=1S/C13H14FN3O2/c1-3-19-13(18)11(12-15-8(2)16-17-12)9-4-6-10(14)7-5-9/h4-7,11H,3H2,1-2H3,(H,15,16,17). The Bertz CT molecular complexity index is 566. The first-order chi connectivity index (χ1) is 9.11. The highest BCUT2D eigenvalue weighted by Gasteiger charge is 2.28. The third-order valence-electron chi connectivity index (χ3n) is 2.60. The van der Waals surface area contributed by atoms with E-state index in [0.717, 1.165) is 0 Å². The summed E-state index contributed by atoms with van der Waals surface area (Å²) in [5, 5.41) is 6.67. The number of carbonyl (C=O) groups excluding carboxylic acids is 1. The lowest BCUT2D eigenvalue weighted by Crippen LogP contribution is -2.18. The average Bonchev–Trinajstić information content (AvgIpc) is 2.79. The van der Waals surface area contributed by atoms with E-state index in [1.165, 1.54) is 24.3 Å². The van der Waals surface area contributed by atoms with Crippen molar-refractivity contribution in [3.05, 3.63) is 47.3 Å². The Morgan fingerprint density at radius 2 is 2.11 bits per heavy atom.